The fourth-order valence-electron chi connectivity index (χ4n) is 3.22. The van der Waals surface area contributed by atoms with Crippen molar-refractivity contribution in [1.82, 2.24) is 4.90 Å². The lowest BCUT2D eigenvalue weighted by molar-refractivity contribution is -0.118. The number of nitrogens with zero attached hydrogens (tertiary/aromatic N) is 2. The van der Waals surface area contributed by atoms with E-state index in [0.717, 1.165) is 11.1 Å². The molecule has 184 valence electrons. The second-order valence-corrected chi connectivity index (χ2v) is 10.3. The molecule has 0 fully saturated rings. The summed E-state index contributed by atoms with van der Waals surface area (Å²) in [5.41, 5.74) is 3.46. The minimum atomic E-state index is -3.71. The molecule has 0 heterocycles. The molecule has 0 saturated carbocycles. The average Bonchev–Trinajstić information content (AvgIpc) is 2.84. The number of aryl methyl sites for hydroxylation is 2. The van der Waals surface area contributed by atoms with Crippen LogP contribution in [-0.4, -0.2) is 52.9 Å². The predicted octanol–water partition coefficient (Wildman–Crippen LogP) is 3.85. The monoisotopic (exact) mass is 495 g/mol. The molecule has 9 heteroatoms. The highest BCUT2D eigenvalue weighted by Gasteiger charge is 2.21. The molecule has 1 N–H and O–H groups in total. The molecule has 3 aromatic carbocycles. The van der Waals surface area contributed by atoms with Gasteiger partial charge in [-0.1, -0.05) is 6.07 Å². The van der Waals surface area contributed by atoms with Crippen LogP contribution in [0.5, 0.6) is 5.75 Å². The molecule has 3 aromatic rings. The topological polar surface area (TPSA) is 96.0 Å². The van der Waals surface area contributed by atoms with E-state index >= 15 is 0 Å². The van der Waals surface area contributed by atoms with Crippen LogP contribution in [0, 0.1) is 13.8 Å². The molecule has 8 nitrogen and oxygen atoms in total. The quantitative estimate of drug-likeness (QED) is 0.512. The minimum absolute atomic E-state index is 0.123. The molecular formula is C26H29N3O5S. The molecule has 0 saturated heterocycles. The summed E-state index contributed by atoms with van der Waals surface area (Å²) in [5.74, 6) is -0.0647. The fourth-order valence-corrected chi connectivity index (χ4v) is 4.51. The fraction of sp³-hybridized carbons (Fsp3) is 0.231. The van der Waals surface area contributed by atoms with Crippen molar-refractivity contribution in [2.75, 3.05) is 37.4 Å². The second-order valence-electron chi connectivity index (χ2n) is 8.33. The van der Waals surface area contributed by atoms with Crippen LogP contribution in [0.1, 0.15) is 21.5 Å². The van der Waals surface area contributed by atoms with E-state index in [1.165, 1.54) is 16.3 Å². The van der Waals surface area contributed by atoms with Gasteiger partial charge in [0.25, 0.3) is 21.8 Å². The van der Waals surface area contributed by atoms with Gasteiger partial charge in [-0.3, -0.25) is 13.9 Å². The van der Waals surface area contributed by atoms with Gasteiger partial charge in [-0.25, -0.2) is 8.42 Å². The lowest BCUT2D eigenvalue weighted by Gasteiger charge is -2.20. The summed E-state index contributed by atoms with van der Waals surface area (Å²) < 4.78 is 32.7. The van der Waals surface area contributed by atoms with Gasteiger partial charge in [-0.2, -0.15) is 0 Å². The summed E-state index contributed by atoms with van der Waals surface area (Å²) in [4.78, 5) is 25.9. The number of rotatable bonds is 8. The van der Waals surface area contributed by atoms with E-state index in [1.54, 1.807) is 80.8 Å². The van der Waals surface area contributed by atoms with Crippen molar-refractivity contribution in [2.45, 2.75) is 18.7 Å². The zero-order valence-electron chi connectivity index (χ0n) is 20.4. The Hall–Kier alpha value is -3.85. The van der Waals surface area contributed by atoms with Gasteiger partial charge in [0.2, 0.25) is 0 Å². The molecule has 0 atom stereocenters. The maximum Gasteiger partial charge on any atom is 0.264 e. The number of anilines is 2. The first-order valence-electron chi connectivity index (χ1n) is 10.9. The zero-order valence-corrected chi connectivity index (χ0v) is 21.2. The Kier molecular flexibility index (Phi) is 7.81. The Labute approximate surface area is 206 Å². The van der Waals surface area contributed by atoms with Crippen molar-refractivity contribution in [3.63, 3.8) is 0 Å². The first kappa shape index (κ1) is 25.8. The smallest absolute Gasteiger partial charge is 0.264 e. The normalized spacial score (nSPS) is 11.0. The SMILES string of the molecule is Cc1ccc(S(=O)(=O)N(C)c2ccc(OCC(=O)Nc3ccc(C(=O)N(C)C)cc3)cc2)cc1C. The third-order valence-electron chi connectivity index (χ3n) is 5.53. The van der Waals surface area contributed by atoms with Crippen LogP contribution in [0.15, 0.2) is 71.6 Å². The number of hydrogen-bond donors (Lipinski definition) is 1. The summed E-state index contributed by atoms with van der Waals surface area (Å²) in [7, 11) is 1.12. The molecule has 0 spiro atoms. The van der Waals surface area contributed by atoms with Crippen LogP contribution in [0.2, 0.25) is 0 Å². The Morgan fingerprint density at radius 3 is 2.06 bits per heavy atom. The van der Waals surface area contributed by atoms with Gasteiger partial charge in [0.15, 0.2) is 6.61 Å². The molecule has 3 rings (SSSR count). The van der Waals surface area contributed by atoms with Crippen LogP contribution in [0.25, 0.3) is 0 Å². The van der Waals surface area contributed by atoms with Crippen molar-refractivity contribution < 1.29 is 22.7 Å². The largest absolute Gasteiger partial charge is 0.484 e. The Morgan fingerprint density at radius 1 is 0.857 bits per heavy atom. The average molecular weight is 496 g/mol. The molecular weight excluding hydrogens is 466 g/mol. The van der Waals surface area contributed by atoms with E-state index < -0.39 is 10.0 Å². The van der Waals surface area contributed by atoms with Crippen LogP contribution in [0.4, 0.5) is 11.4 Å². The van der Waals surface area contributed by atoms with E-state index in [1.807, 2.05) is 13.8 Å². The molecule has 0 aliphatic carbocycles. The van der Waals surface area contributed by atoms with Gasteiger partial charge in [-0.15, -0.1) is 0 Å². The number of benzene rings is 3. The van der Waals surface area contributed by atoms with Gasteiger partial charge in [-0.05, 0) is 85.6 Å². The first-order valence-corrected chi connectivity index (χ1v) is 12.3. The van der Waals surface area contributed by atoms with Gasteiger partial charge < -0.3 is 15.0 Å². The molecule has 0 bridgehead atoms. The maximum absolute atomic E-state index is 13.0. The summed E-state index contributed by atoms with van der Waals surface area (Å²) >= 11 is 0. The number of carbonyl (C=O) groups excluding carboxylic acids is 2. The van der Waals surface area contributed by atoms with Gasteiger partial charge in [0.1, 0.15) is 5.75 Å². The Morgan fingerprint density at radius 2 is 1.49 bits per heavy atom. The van der Waals surface area contributed by atoms with Crippen molar-refractivity contribution >= 4 is 33.2 Å². The van der Waals surface area contributed by atoms with Crippen LogP contribution < -0.4 is 14.4 Å². The Balaban J connectivity index is 1.58. The van der Waals surface area contributed by atoms with Crippen molar-refractivity contribution in [1.29, 1.82) is 0 Å². The number of hydrogen-bond acceptors (Lipinski definition) is 5. The molecule has 2 amide bonds. The second kappa shape index (κ2) is 10.6. The molecule has 35 heavy (non-hydrogen) atoms. The predicted molar refractivity (Wildman–Crippen MR) is 137 cm³/mol. The number of sulfonamides is 1. The molecule has 0 aliphatic heterocycles. The number of nitrogens with one attached hydrogen (secondary N) is 1. The van der Waals surface area contributed by atoms with Crippen molar-refractivity contribution in [3.05, 3.63) is 83.4 Å². The number of amides is 2. The van der Waals surface area contributed by atoms with Gasteiger partial charge in [0.05, 0.1) is 10.6 Å². The molecule has 0 unspecified atom stereocenters. The number of carbonyl (C=O) groups is 2. The summed E-state index contributed by atoms with van der Waals surface area (Å²) in [5, 5.41) is 2.71. The van der Waals surface area contributed by atoms with E-state index in [0.29, 0.717) is 22.7 Å². The summed E-state index contributed by atoms with van der Waals surface area (Å²) in [6.07, 6.45) is 0. The minimum Gasteiger partial charge on any atom is -0.484 e. The van der Waals surface area contributed by atoms with E-state index in [2.05, 4.69) is 5.32 Å². The molecule has 0 aromatic heterocycles. The molecule has 0 aliphatic rings. The van der Waals surface area contributed by atoms with Crippen molar-refractivity contribution in [2.24, 2.45) is 0 Å². The third-order valence-corrected chi connectivity index (χ3v) is 7.31. The third kappa shape index (κ3) is 6.19. The standard InChI is InChI=1S/C26H29N3O5S/c1-18-6-15-24(16-19(18)2)35(32,33)29(5)22-11-13-23(14-12-22)34-17-25(30)27-21-9-7-20(8-10-21)26(31)28(3)4/h6-16H,17H2,1-5H3,(H,27,30). The summed E-state index contributed by atoms with van der Waals surface area (Å²) in [6.45, 7) is 3.57. The van der Waals surface area contributed by atoms with Crippen LogP contribution in [-0.2, 0) is 14.8 Å². The summed E-state index contributed by atoms with van der Waals surface area (Å²) in [6, 6.07) is 18.1. The maximum atomic E-state index is 13.0. The van der Waals surface area contributed by atoms with Gasteiger partial charge in [0, 0.05) is 32.4 Å². The van der Waals surface area contributed by atoms with E-state index in [-0.39, 0.29) is 23.3 Å². The highest BCUT2D eigenvalue weighted by molar-refractivity contribution is 7.92. The number of ether oxygens (including phenoxy) is 1. The van der Waals surface area contributed by atoms with E-state index in [4.69, 9.17) is 4.74 Å². The highest BCUT2D eigenvalue weighted by Crippen LogP contribution is 2.25. The zero-order chi connectivity index (χ0) is 25.8. The lowest BCUT2D eigenvalue weighted by atomic mass is 10.1. The van der Waals surface area contributed by atoms with Crippen LogP contribution >= 0.6 is 0 Å². The molecule has 0 radical (unpaired) electrons. The first-order chi connectivity index (χ1) is 16.5. The van der Waals surface area contributed by atoms with Crippen LogP contribution in [0.3, 0.4) is 0 Å². The van der Waals surface area contributed by atoms with E-state index in [9.17, 15) is 18.0 Å². The van der Waals surface area contributed by atoms with Gasteiger partial charge >= 0.3 is 0 Å². The lowest BCUT2D eigenvalue weighted by Crippen LogP contribution is -2.26. The van der Waals surface area contributed by atoms with Crippen molar-refractivity contribution in [3.8, 4) is 5.75 Å². The highest BCUT2D eigenvalue weighted by atomic mass is 32.2. The Bertz CT molecular complexity index is 1320.